The minimum atomic E-state index is -0.222. The molecule has 0 atom stereocenters. The van der Waals surface area contributed by atoms with E-state index in [2.05, 4.69) is 15.5 Å². The quantitative estimate of drug-likeness (QED) is 0.654. The molecule has 0 aliphatic heterocycles. The van der Waals surface area contributed by atoms with Gasteiger partial charge in [0.1, 0.15) is 17.9 Å². The Balaban J connectivity index is 1.85. The van der Waals surface area contributed by atoms with E-state index in [1.54, 1.807) is 47.7 Å². The molecule has 1 aromatic carbocycles. The van der Waals surface area contributed by atoms with Crippen LogP contribution in [0.15, 0.2) is 34.9 Å². The number of aryl methyl sites for hydroxylation is 1. The standard InChI is InChI=1S/C15H13N5OS/c1-11-15(22-10-18-11)6-7-21-14-4-2-12(3-5-14)19-20-13(8-16)9-17/h2-5,10,19H,6-7H2,1H3. The maximum Gasteiger partial charge on any atom is 0.237 e. The van der Waals surface area contributed by atoms with Gasteiger partial charge in [0.25, 0.3) is 0 Å². The monoisotopic (exact) mass is 311 g/mol. The van der Waals surface area contributed by atoms with E-state index < -0.39 is 0 Å². The minimum absolute atomic E-state index is 0.222. The lowest BCUT2D eigenvalue weighted by atomic mass is 10.3. The molecule has 7 heteroatoms. The summed E-state index contributed by atoms with van der Waals surface area (Å²) in [7, 11) is 0. The molecule has 0 unspecified atom stereocenters. The predicted molar refractivity (Wildman–Crippen MR) is 84.8 cm³/mol. The summed E-state index contributed by atoms with van der Waals surface area (Å²) in [4.78, 5) is 5.43. The molecule has 6 nitrogen and oxygen atoms in total. The maximum atomic E-state index is 8.58. The van der Waals surface area contributed by atoms with E-state index in [9.17, 15) is 0 Å². The minimum Gasteiger partial charge on any atom is -0.493 e. The zero-order valence-corrected chi connectivity index (χ0v) is 12.7. The van der Waals surface area contributed by atoms with Crippen molar-refractivity contribution in [3.8, 4) is 17.9 Å². The second-order valence-electron chi connectivity index (χ2n) is 4.28. The van der Waals surface area contributed by atoms with Crippen molar-refractivity contribution in [1.29, 1.82) is 10.5 Å². The van der Waals surface area contributed by atoms with Crippen LogP contribution in [-0.2, 0) is 6.42 Å². The van der Waals surface area contributed by atoms with Crippen LogP contribution in [0.4, 0.5) is 5.69 Å². The molecule has 110 valence electrons. The Morgan fingerprint density at radius 2 is 2.05 bits per heavy atom. The second kappa shape index (κ2) is 7.77. The lowest BCUT2D eigenvalue weighted by molar-refractivity contribution is 0.322. The number of anilines is 1. The highest BCUT2D eigenvalue weighted by Gasteiger charge is 2.02. The number of nitrogens with zero attached hydrogens (tertiary/aromatic N) is 4. The fourth-order valence-corrected chi connectivity index (χ4v) is 2.41. The largest absolute Gasteiger partial charge is 0.493 e. The van der Waals surface area contributed by atoms with E-state index in [0.717, 1.165) is 17.9 Å². The number of thiazole rings is 1. The normalized spacial score (nSPS) is 9.41. The third-order valence-corrected chi connectivity index (χ3v) is 3.80. The summed E-state index contributed by atoms with van der Waals surface area (Å²) in [5.74, 6) is 0.748. The summed E-state index contributed by atoms with van der Waals surface area (Å²) >= 11 is 1.63. The zero-order valence-electron chi connectivity index (χ0n) is 11.9. The van der Waals surface area contributed by atoms with Crippen molar-refractivity contribution in [3.05, 3.63) is 40.3 Å². The van der Waals surface area contributed by atoms with Crippen molar-refractivity contribution in [3.63, 3.8) is 0 Å². The number of benzene rings is 1. The number of ether oxygens (including phenoxy) is 1. The summed E-state index contributed by atoms with van der Waals surface area (Å²) in [5.41, 5.74) is 5.98. The second-order valence-corrected chi connectivity index (χ2v) is 5.22. The number of hydrogen-bond donors (Lipinski definition) is 1. The van der Waals surface area contributed by atoms with Gasteiger partial charge in [-0.25, -0.2) is 4.98 Å². The van der Waals surface area contributed by atoms with Crippen molar-refractivity contribution in [2.75, 3.05) is 12.0 Å². The van der Waals surface area contributed by atoms with Gasteiger partial charge in [-0.1, -0.05) is 0 Å². The molecule has 2 aromatic rings. The van der Waals surface area contributed by atoms with Crippen molar-refractivity contribution < 1.29 is 4.74 Å². The van der Waals surface area contributed by atoms with Gasteiger partial charge in [-0.3, -0.25) is 5.43 Å². The van der Waals surface area contributed by atoms with Gasteiger partial charge in [0.15, 0.2) is 0 Å². The first kappa shape index (κ1) is 15.5. The average molecular weight is 311 g/mol. The van der Waals surface area contributed by atoms with Gasteiger partial charge in [0.05, 0.1) is 23.5 Å². The Morgan fingerprint density at radius 3 is 2.64 bits per heavy atom. The van der Waals surface area contributed by atoms with Crippen molar-refractivity contribution in [2.45, 2.75) is 13.3 Å². The zero-order chi connectivity index (χ0) is 15.8. The number of hydrogen-bond acceptors (Lipinski definition) is 7. The molecular weight excluding hydrogens is 298 g/mol. The number of rotatable bonds is 6. The molecule has 22 heavy (non-hydrogen) atoms. The average Bonchev–Trinajstić information content (AvgIpc) is 2.95. The van der Waals surface area contributed by atoms with E-state index in [0.29, 0.717) is 12.3 Å². The Kier molecular flexibility index (Phi) is 5.47. The topological polar surface area (TPSA) is 94.1 Å². The van der Waals surface area contributed by atoms with Gasteiger partial charge in [-0.05, 0) is 31.2 Å². The summed E-state index contributed by atoms with van der Waals surface area (Å²) in [6.07, 6.45) is 0.828. The molecule has 0 amide bonds. The molecule has 1 aromatic heterocycles. The summed E-state index contributed by atoms with van der Waals surface area (Å²) in [6, 6.07) is 10.5. The van der Waals surface area contributed by atoms with Gasteiger partial charge >= 0.3 is 0 Å². The van der Waals surface area contributed by atoms with E-state index in [4.69, 9.17) is 15.3 Å². The van der Waals surface area contributed by atoms with E-state index in [-0.39, 0.29) is 5.71 Å². The smallest absolute Gasteiger partial charge is 0.237 e. The molecule has 0 aliphatic carbocycles. The summed E-state index contributed by atoms with van der Waals surface area (Å²) in [5, 5.41) is 20.8. The van der Waals surface area contributed by atoms with Gasteiger partial charge in [-0.15, -0.1) is 11.3 Å². The van der Waals surface area contributed by atoms with E-state index in [1.807, 2.05) is 12.4 Å². The third kappa shape index (κ3) is 4.30. The molecule has 0 fully saturated rings. The molecule has 0 saturated heterocycles. The van der Waals surface area contributed by atoms with Gasteiger partial charge in [0, 0.05) is 11.3 Å². The molecule has 0 bridgehead atoms. The van der Waals surface area contributed by atoms with Crippen LogP contribution in [0.5, 0.6) is 5.75 Å². The summed E-state index contributed by atoms with van der Waals surface area (Å²) in [6.45, 7) is 2.57. The highest BCUT2D eigenvalue weighted by atomic mass is 32.1. The predicted octanol–water partition coefficient (Wildman–Crippen LogP) is 2.89. The first-order valence-corrected chi connectivity index (χ1v) is 7.36. The van der Waals surface area contributed by atoms with Gasteiger partial charge in [-0.2, -0.15) is 15.6 Å². The Bertz CT molecular complexity index is 721. The fourth-order valence-electron chi connectivity index (χ4n) is 1.65. The number of hydrazone groups is 1. The van der Waals surface area contributed by atoms with Crippen LogP contribution >= 0.6 is 11.3 Å². The molecular formula is C15H13N5OS. The van der Waals surface area contributed by atoms with Crippen LogP contribution in [0.25, 0.3) is 0 Å². The lowest BCUT2D eigenvalue weighted by Crippen LogP contribution is -2.01. The Hall–Kier alpha value is -2.90. The van der Waals surface area contributed by atoms with E-state index >= 15 is 0 Å². The van der Waals surface area contributed by atoms with Gasteiger partial charge in [0.2, 0.25) is 5.71 Å². The highest BCUT2D eigenvalue weighted by Crippen LogP contribution is 2.17. The number of nitrogens with one attached hydrogen (secondary N) is 1. The van der Waals surface area contributed by atoms with Crippen LogP contribution in [0.3, 0.4) is 0 Å². The first-order valence-electron chi connectivity index (χ1n) is 6.48. The Morgan fingerprint density at radius 1 is 1.32 bits per heavy atom. The van der Waals surface area contributed by atoms with Crippen LogP contribution in [-0.4, -0.2) is 17.3 Å². The SMILES string of the molecule is Cc1ncsc1CCOc1ccc(NN=C(C#N)C#N)cc1. The van der Waals surface area contributed by atoms with Crippen LogP contribution < -0.4 is 10.2 Å². The van der Waals surface area contributed by atoms with Crippen molar-refractivity contribution in [1.82, 2.24) is 4.98 Å². The fraction of sp³-hybridized carbons (Fsp3) is 0.200. The molecule has 0 radical (unpaired) electrons. The highest BCUT2D eigenvalue weighted by molar-refractivity contribution is 7.09. The third-order valence-electron chi connectivity index (χ3n) is 2.81. The van der Waals surface area contributed by atoms with Crippen LogP contribution in [0.2, 0.25) is 0 Å². The molecule has 1 heterocycles. The first-order chi connectivity index (χ1) is 10.7. The van der Waals surface area contributed by atoms with Crippen molar-refractivity contribution >= 4 is 22.7 Å². The van der Waals surface area contributed by atoms with Gasteiger partial charge < -0.3 is 4.74 Å². The summed E-state index contributed by atoms with van der Waals surface area (Å²) < 4.78 is 5.67. The van der Waals surface area contributed by atoms with Crippen molar-refractivity contribution in [2.24, 2.45) is 5.10 Å². The maximum absolute atomic E-state index is 8.58. The van der Waals surface area contributed by atoms with E-state index in [1.165, 1.54) is 4.88 Å². The lowest BCUT2D eigenvalue weighted by Gasteiger charge is -2.06. The number of aromatic nitrogens is 1. The molecule has 2 rings (SSSR count). The molecule has 0 saturated carbocycles. The molecule has 0 spiro atoms. The Labute approximate surface area is 132 Å². The number of nitriles is 2. The molecule has 1 N–H and O–H groups in total. The van der Waals surface area contributed by atoms with Crippen LogP contribution in [0.1, 0.15) is 10.6 Å². The van der Waals surface area contributed by atoms with Crippen LogP contribution in [0, 0.1) is 29.6 Å². The molecule has 0 aliphatic rings.